The van der Waals surface area contributed by atoms with Crippen LogP contribution in [-0.4, -0.2) is 40.7 Å². The van der Waals surface area contributed by atoms with Gasteiger partial charge in [-0.1, -0.05) is 36.1 Å². The standard InChI is InChI=1S/C22H19FN2O3S2/c23-16-5-7-17(8-6-16)25-21(27)19(30-22(25)29)13-15-3-9-18(10-4-15)28-14-20(26)24-11-1-2-12-24/h3-10,13H,1-2,11-12,14H2/b19-13-. The Bertz CT molecular complexity index is 1000. The summed E-state index contributed by atoms with van der Waals surface area (Å²) in [5.74, 6) is -0.0167. The van der Waals surface area contributed by atoms with E-state index in [0.717, 1.165) is 31.5 Å². The number of anilines is 1. The minimum absolute atomic E-state index is 0.000967. The number of rotatable bonds is 5. The minimum Gasteiger partial charge on any atom is -0.484 e. The molecule has 0 unspecified atom stereocenters. The Labute approximate surface area is 183 Å². The Morgan fingerprint density at radius 3 is 2.43 bits per heavy atom. The summed E-state index contributed by atoms with van der Waals surface area (Å²) in [6, 6.07) is 12.8. The largest absolute Gasteiger partial charge is 0.484 e. The first-order valence-corrected chi connectivity index (χ1v) is 10.8. The second-order valence-electron chi connectivity index (χ2n) is 6.94. The van der Waals surface area contributed by atoms with Crippen molar-refractivity contribution in [3.63, 3.8) is 0 Å². The average molecular weight is 443 g/mol. The van der Waals surface area contributed by atoms with Gasteiger partial charge < -0.3 is 9.64 Å². The van der Waals surface area contributed by atoms with Gasteiger partial charge in [-0.05, 0) is 60.9 Å². The van der Waals surface area contributed by atoms with Crippen LogP contribution in [0.25, 0.3) is 6.08 Å². The van der Waals surface area contributed by atoms with Crippen molar-refractivity contribution in [2.24, 2.45) is 0 Å². The van der Waals surface area contributed by atoms with E-state index in [-0.39, 0.29) is 24.2 Å². The van der Waals surface area contributed by atoms with Crippen molar-refractivity contribution in [2.45, 2.75) is 12.8 Å². The zero-order chi connectivity index (χ0) is 21.1. The summed E-state index contributed by atoms with van der Waals surface area (Å²) in [5, 5.41) is 0. The fraction of sp³-hybridized carbons (Fsp3) is 0.227. The molecule has 0 bridgehead atoms. The summed E-state index contributed by atoms with van der Waals surface area (Å²) in [6.45, 7) is 1.63. The van der Waals surface area contributed by atoms with Crippen molar-refractivity contribution in [3.8, 4) is 5.75 Å². The molecule has 154 valence electrons. The normalized spacial score (nSPS) is 17.8. The van der Waals surface area contributed by atoms with Crippen molar-refractivity contribution in [1.82, 2.24) is 4.90 Å². The highest BCUT2D eigenvalue weighted by Gasteiger charge is 2.33. The summed E-state index contributed by atoms with van der Waals surface area (Å²) in [4.78, 5) is 28.5. The smallest absolute Gasteiger partial charge is 0.270 e. The van der Waals surface area contributed by atoms with E-state index in [9.17, 15) is 14.0 Å². The Balaban J connectivity index is 1.40. The predicted octanol–water partition coefficient (Wildman–Crippen LogP) is 4.23. The number of likely N-dealkylation sites (tertiary alicyclic amines) is 1. The molecular formula is C22H19FN2O3S2. The molecular weight excluding hydrogens is 423 g/mol. The molecule has 8 heteroatoms. The predicted molar refractivity (Wildman–Crippen MR) is 120 cm³/mol. The van der Waals surface area contributed by atoms with Crippen molar-refractivity contribution in [2.75, 3.05) is 24.6 Å². The summed E-state index contributed by atoms with van der Waals surface area (Å²) < 4.78 is 19.1. The van der Waals surface area contributed by atoms with Gasteiger partial charge in [0.25, 0.3) is 11.8 Å². The molecule has 2 amide bonds. The second kappa shape index (κ2) is 8.97. The van der Waals surface area contributed by atoms with Gasteiger partial charge in [-0.3, -0.25) is 14.5 Å². The van der Waals surface area contributed by atoms with E-state index >= 15 is 0 Å². The van der Waals surface area contributed by atoms with Crippen molar-refractivity contribution < 1.29 is 18.7 Å². The van der Waals surface area contributed by atoms with Gasteiger partial charge in [-0.2, -0.15) is 0 Å². The number of thiocarbonyl (C=S) groups is 1. The molecule has 0 atom stereocenters. The first-order valence-electron chi connectivity index (χ1n) is 9.55. The van der Waals surface area contributed by atoms with Gasteiger partial charge in [0, 0.05) is 13.1 Å². The summed E-state index contributed by atoms with van der Waals surface area (Å²) >= 11 is 6.53. The Hall–Kier alpha value is -2.71. The highest BCUT2D eigenvalue weighted by Crippen LogP contribution is 2.36. The minimum atomic E-state index is -0.371. The highest BCUT2D eigenvalue weighted by molar-refractivity contribution is 8.27. The molecule has 0 aliphatic carbocycles. The first-order chi connectivity index (χ1) is 14.5. The van der Waals surface area contributed by atoms with Crippen LogP contribution in [0.4, 0.5) is 10.1 Å². The van der Waals surface area contributed by atoms with E-state index < -0.39 is 0 Å². The molecule has 0 N–H and O–H groups in total. The lowest BCUT2D eigenvalue weighted by Crippen LogP contribution is -2.32. The van der Waals surface area contributed by atoms with Crippen LogP contribution in [0.15, 0.2) is 53.4 Å². The van der Waals surface area contributed by atoms with Gasteiger partial charge in [0.2, 0.25) is 0 Å². The molecule has 30 heavy (non-hydrogen) atoms. The van der Waals surface area contributed by atoms with Gasteiger partial charge in [0.15, 0.2) is 10.9 Å². The number of carbonyl (C=O) groups excluding carboxylic acids is 2. The van der Waals surface area contributed by atoms with E-state index in [0.29, 0.717) is 20.7 Å². The zero-order valence-corrected chi connectivity index (χ0v) is 17.7. The number of thioether (sulfide) groups is 1. The molecule has 2 aliphatic rings. The summed E-state index contributed by atoms with van der Waals surface area (Å²) in [6.07, 6.45) is 3.85. The number of carbonyl (C=O) groups is 2. The van der Waals surface area contributed by atoms with Gasteiger partial charge in [0.05, 0.1) is 10.6 Å². The molecule has 0 radical (unpaired) electrons. The van der Waals surface area contributed by atoms with Gasteiger partial charge in [-0.15, -0.1) is 0 Å². The van der Waals surface area contributed by atoms with Crippen molar-refractivity contribution >= 4 is 51.9 Å². The van der Waals surface area contributed by atoms with Crippen LogP contribution in [0.1, 0.15) is 18.4 Å². The van der Waals surface area contributed by atoms with Crippen LogP contribution in [0.3, 0.4) is 0 Å². The Kier molecular flexibility index (Phi) is 6.15. The van der Waals surface area contributed by atoms with Crippen molar-refractivity contribution in [1.29, 1.82) is 0 Å². The molecule has 5 nitrogen and oxygen atoms in total. The Morgan fingerprint density at radius 1 is 1.10 bits per heavy atom. The number of benzene rings is 2. The molecule has 0 spiro atoms. The van der Waals surface area contributed by atoms with E-state index in [1.165, 1.54) is 40.9 Å². The Morgan fingerprint density at radius 2 is 1.77 bits per heavy atom. The summed E-state index contributed by atoms with van der Waals surface area (Å²) in [5.41, 5.74) is 1.35. The van der Waals surface area contributed by atoms with Gasteiger partial charge >= 0.3 is 0 Å². The van der Waals surface area contributed by atoms with Crippen LogP contribution in [0.5, 0.6) is 5.75 Å². The van der Waals surface area contributed by atoms with Gasteiger partial charge in [0.1, 0.15) is 11.6 Å². The number of nitrogens with zero attached hydrogens (tertiary/aromatic N) is 2. The molecule has 4 rings (SSSR count). The second-order valence-corrected chi connectivity index (χ2v) is 8.61. The lowest BCUT2D eigenvalue weighted by Gasteiger charge is -2.15. The number of halogens is 1. The third kappa shape index (κ3) is 4.55. The molecule has 0 aromatic heterocycles. The number of amides is 2. The SMILES string of the molecule is O=C(COc1ccc(/C=C2\SC(=S)N(c3ccc(F)cc3)C2=O)cc1)N1CCCC1. The van der Waals surface area contributed by atoms with Gasteiger partial charge in [-0.25, -0.2) is 4.39 Å². The fourth-order valence-electron chi connectivity index (χ4n) is 3.30. The number of ether oxygens (including phenoxy) is 1. The third-order valence-electron chi connectivity index (χ3n) is 4.88. The average Bonchev–Trinajstić information content (AvgIpc) is 3.37. The van der Waals surface area contributed by atoms with E-state index in [1.807, 2.05) is 17.0 Å². The number of hydrogen-bond donors (Lipinski definition) is 0. The van der Waals surface area contributed by atoms with E-state index in [4.69, 9.17) is 17.0 Å². The molecule has 2 aromatic carbocycles. The maximum Gasteiger partial charge on any atom is 0.270 e. The maximum atomic E-state index is 13.2. The first kappa shape index (κ1) is 20.6. The lowest BCUT2D eigenvalue weighted by molar-refractivity contribution is -0.132. The highest BCUT2D eigenvalue weighted by atomic mass is 32.2. The number of hydrogen-bond acceptors (Lipinski definition) is 5. The van der Waals surface area contributed by atoms with Crippen LogP contribution < -0.4 is 9.64 Å². The zero-order valence-electron chi connectivity index (χ0n) is 16.0. The molecule has 0 saturated carbocycles. The topological polar surface area (TPSA) is 49.9 Å². The third-order valence-corrected chi connectivity index (χ3v) is 6.18. The van der Waals surface area contributed by atoms with Crippen LogP contribution in [-0.2, 0) is 9.59 Å². The van der Waals surface area contributed by atoms with E-state index in [2.05, 4.69) is 0 Å². The van der Waals surface area contributed by atoms with Crippen LogP contribution >= 0.6 is 24.0 Å². The molecule has 2 saturated heterocycles. The molecule has 2 heterocycles. The molecule has 2 fully saturated rings. The monoisotopic (exact) mass is 442 g/mol. The molecule has 2 aromatic rings. The van der Waals surface area contributed by atoms with Crippen LogP contribution in [0, 0.1) is 5.82 Å². The molecule has 2 aliphatic heterocycles. The summed E-state index contributed by atoms with van der Waals surface area (Å²) in [7, 11) is 0. The maximum absolute atomic E-state index is 13.2. The quantitative estimate of drug-likeness (QED) is 0.512. The fourth-order valence-corrected chi connectivity index (χ4v) is 4.59. The van der Waals surface area contributed by atoms with Crippen molar-refractivity contribution in [3.05, 3.63) is 64.8 Å². The van der Waals surface area contributed by atoms with Crippen LogP contribution in [0.2, 0.25) is 0 Å². The van der Waals surface area contributed by atoms with E-state index in [1.54, 1.807) is 18.2 Å². The lowest BCUT2D eigenvalue weighted by atomic mass is 10.2.